The number of ether oxygens (including phenoxy) is 1. The van der Waals surface area contributed by atoms with E-state index in [-0.39, 0.29) is 29.9 Å². The van der Waals surface area contributed by atoms with E-state index >= 15 is 0 Å². The molecule has 158 valence electrons. The maximum atomic E-state index is 13.3. The minimum atomic E-state index is -0.390. The fourth-order valence-electron chi connectivity index (χ4n) is 3.49. The van der Waals surface area contributed by atoms with Crippen molar-refractivity contribution in [3.63, 3.8) is 0 Å². The van der Waals surface area contributed by atoms with Crippen LogP contribution in [0.15, 0.2) is 65.7 Å². The minimum absolute atomic E-state index is 0.203. The summed E-state index contributed by atoms with van der Waals surface area (Å²) in [5.41, 5.74) is 3.04. The Kier molecular flexibility index (Phi) is 5.86. The van der Waals surface area contributed by atoms with E-state index in [0.29, 0.717) is 23.4 Å². The van der Waals surface area contributed by atoms with Gasteiger partial charge < -0.3 is 10.1 Å². The molecule has 5 nitrogen and oxygen atoms in total. The Labute approximate surface area is 183 Å². The van der Waals surface area contributed by atoms with Gasteiger partial charge in [0.25, 0.3) is 11.8 Å². The first kappa shape index (κ1) is 20.8. The van der Waals surface area contributed by atoms with Crippen LogP contribution < -0.4 is 10.1 Å². The molecule has 0 atom stereocenters. The molecule has 0 radical (unpaired) electrons. The van der Waals surface area contributed by atoms with Crippen LogP contribution in [-0.4, -0.2) is 30.4 Å². The van der Waals surface area contributed by atoms with Crippen LogP contribution in [0, 0.1) is 12.7 Å². The van der Waals surface area contributed by atoms with Crippen LogP contribution in [0.3, 0.4) is 0 Å². The smallest absolute Gasteiger partial charge is 0.278 e. The zero-order chi connectivity index (χ0) is 22.0. The molecule has 2 aromatic carbocycles. The zero-order valence-electron chi connectivity index (χ0n) is 17.1. The third-order valence-electron chi connectivity index (χ3n) is 5.09. The van der Waals surface area contributed by atoms with Gasteiger partial charge in [0.05, 0.1) is 18.4 Å². The number of benzene rings is 2. The van der Waals surface area contributed by atoms with Gasteiger partial charge in [0.1, 0.15) is 17.3 Å². The lowest BCUT2D eigenvalue weighted by Crippen LogP contribution is -2.34. The number of methoxy groups -OCH3 is 1. The fraction of sp³-hybridized carbons (Fsp3) is 0.167. The molecular weight excluding hydrogens is 415 g/mol. The Morgan fingerprint density at radius 3 is 2.52 bits per heavy atom. The lowest BCUT2D eigenvalue weighted by molar-refractivity contribution is -0.136. The lowest BCUT2D eigenvalue weighted by Gasteiger charge is -2.16. The van der Waals surface area contributed by atoms with Crippen molar-refractivity contribution in [3.05, 3.63) is 87.5 Å². The summed E-state index contributed by atoms with van der Waals surface area (Å²) in [6, 6.07) is 15.3. The summed E-state index contributed by atoms with van der Waals surface area (Å²) in [6.07, 6.45) is 0.441. The van der Waals surface area contributed by atoms with Crippen LogP contribution in [0.25, 0.3) is 5.57 Å². The molecule has 7 heteroatoms. The van der Waals surface area contributed by atoms with Gasteiger partial charge in [0.2, 0.25) is 0 Å². The molecule has 2 heterocycles. The van der Waals surface area contributed by atoms with E-state index in [1.165, 1.54) is 28.4 Å². The molecule has 1 aromatic heterocycles. The van der Waals surface area contributed by atoms with Crippen molar-refractivity contribution in [2.24, 2.45) is 0 Å². The molecule has 4 rings (SSSR count). The fourth-order valence-corrected chi connectivity index (χ4v) is 4.26. The van der Waals surface area contributed by atoms with Crippen LogP contribution in [-0.2, 0) is 16.0 Å². The van der Waals surface area contributed by atoms with Crippen molar-refractivity contribution >= 4 is 34.4 Å². The Morgan fingerprint density at radius 1 is 1.06 bits per heavy atom. The first-order valence-electron chi connectivity index (χ1n) is 9.78. The van der Waals surface area contributed by atoms with Gasteiger partial charge >= 0.3 is 0 Å². The molecule has 0 unspecified atom stereocenters. The predicted octanol–water partition coefficient (Wildman–Crippen LogP) is 4.64. The largest absolute Gasteiger partial charge is 0.495 e. The minimum Gasteiger partial charge on any atom is -0.495 e. The summed E-state index contributed by atoms with van der Waals surface area (Å²) < 4.78 is 18.6. The molecule has 0 saturated heterocycles. The molecule has 1 aliphatic rings. The number of nitrogens with one attached hydrogen (secondary N) is 1. The summed E-state index contributed by atoms with van der Waals surface area (Å²) in [4.78, 5) is 28.5. The number of carbonyl (C=O) groups is 2. The number of amides is 2. The van der Waals surface area contributed by atoms with Gasteiger partial charge in [-0.1, -0.05) is 24.3 Å². The van der Waals surface area contributed by atoms with Gasteiger partial charge in [-0.25, -0.2) is 4.39 Å². The van der Waals surface area contributed by atoms with E-state index < -0.39 is 0 Å². The number of anilines is 1. The molecule has 0 saturated carbocycles. The van der Waals surface area contributed by atoms with E-state index in [1.54, 1.807) is 19.2 Å². The van der Waals surface area contributed by atoms with E-state index in [1.807, 2.05) is 42.6 Å². The van der Waals surface area contributed by atoms with Crippen LogP contribution in [0.4, 0.5) is 10.1 Å². The topological polar surface area (TPSA) is 58.6 Å². The maximum absolute atomic E-state index is 13.3. The van der Waals surface area contributed by atoms with E-state index in [4.69, 9.17) is 4.74 Å². The summed E-state index contributed by atoms with van der Waals surface area (Å²) in [6.45, 7) is 2.14. The molecule has 0 fully saturated rings. The van der Waals surface area contributed by atoms with Gasteiger partial charge in [0, 0.05) is 11.4 Å². The number of rotatable bonds is 7. The molecule has 1 aliphatic heterocycles. The second-order valence-electron chi connectivity index (χ2n) is 7.19. The number of imide groups is 1. The van der Waals surface area contributed by atoms with Crippen molar-refractivity contribution in [2.45, 2.75) is 13.3 Å². The second-order valence-corrected chi connectivity index (χ2v) is 8.14. The summed E-state index contributed by atoms with van der Waals surface area (Å²) in [5, 5.41) is 5.02. The average Bonchev–Trinajstić information content (AvgIpc) is 3.36. The number of carbonyl (C=O) groups excluding carboxylic acids is 2. The van der Waals surface area contributed by atoms with E-state index in [0.717, 1.165) is 16.0 Å². The van der Waals surface area contributed by atoms with Crippen molar-refractivity contribution < 1.29 is 18.7 Å². The average molecular weight is 437 g/mol. The Hall–Kier alpha value is -3.45. The normalized spacial score (nSPS) is 13.8. The van der Waals surface area contributed by atoms with Crippen LogP contribution in [0.2, 0.25) is 0 Å². The summed E-state index contributed by atoms with van der Waals surface area (Å²) in [5.74, 6) is -0.478. The summed E-state index contributed by atoms with van der Waals surface area (Å²) in [7, 11) is 1.56. The maximum Gasteiger partial charge on any atom is 0.278 e. The zero-order valence-corrected chi connectivity index (χ0v) is 18.0. The number of hydrogen-bond donors (Lipinski definition) is 1. The number of nitrogens with zero attached hydrogens (tertiary/aromatic N) is 1. The Balaban J connectivity index is 1.65. The first-order valence-corrected chi connectivity index (χ1v) is 10.7. The molecule has 3 aromatic rings. The highest BCUT2D eigenvalue weighted by atomic mass is 32.1. The lowest BCUT2D eigenvalue weighted by atomic mass is 10.1. The quantitative estimate of drug-likeness (QED) is 0.549. The number of aryl methyl sites for hydroxylation is 1. The van der Waals surface area contributed by atoms with Gasteiger partial charge in [0.15, 0.2) is 0 Å². The highest BCUT2D eigenvalue weighted by Gasteiger charge is 2.39. The number of halogens is 1. The molecule has 0 bridgehead atoms. The second kappa shape index (κ2) is 8.73. The van der Waals surface area contributed by atoms with Crippen molar-refractivity contribution in [1.82, 2.24) is 4.90 Å². The molecule has 0 spiro atoms. The van der Waals surface area contributed by atoms with Gasteiger partial charge in [-0.15, -0.1) is 11.3 Å². The predicted molar refractivity (Wildman–Crippen MR) is 119 cm³/mol. The van der Waals surface area contributed by atoms with Gasteiger partial charge in [-0.05, 0) is 60.2 Å². The van der Waals surface area contributed by atoms with Crippen LogP contribution >= 0.6 is 11.3 Å². The molecular formula is C24H21FN2O3S. The number of thiophene rings is 1. The monoisotopic (exact) mass is 436 g/mol. The van der Waals surface area contributed by atoms with Crippen LogP contribution in [0.1, 0.15) is 16.0 Å². The Bertz CT molecular complexity index is 1150. The highest BCUT2D eigenvalue weighted by Crippen LogP contribution is 2.35. The standard InChI is InChI=1S/C24H21FN2O3S/c1-15-5-10-19(30-2)18(14-15)26-22-21(20-4-3-13-31-20)23(28)27(24(22)29)12-11-16-6-8-17(25)9-7-16/h3-10,13-14,26H,11-12H2,1-2H3. The van der Waals surface area contributed by atoms with E-state index in [2.05, 4.69) is 5.32 Å². The Morgan fingerprint density at radius 2 is 1.84 bits per heavy atom. The molecule has 0 aliphatic carbocycles. The van der Waals surface area contributed by atoms with Gasteiger partial charge in [-0.2, -0.15) is 0 Å². The number of hydrogen-bond acceptors (Lipinski definition) is 5. The van der Waals surface area contributed by atoms with Crippen molar-refractivity contribution in [3.8, 4) is 5.75 Å². The molecule has 1 N–H and O–H groups in total. The van der Waals surface area contributed by atoms with Crippen molar-refractivity contribution in [2.75, 3.05) is 19.0 Å². The third kappa shape index (κ3) is 4.22. The third-order valence-corrected chi connectivity index (χ3v) is 5.97. The molecule has 31 heavy (non-hydrogen) atoms. The first-order chi connectivity index (χ1) is 15.0. The SMILES string of the molecule is COc1ccc(C)cc1NC1=C(c2cccs2)C(=O)N(CCc2ccc(F)cc2)C1=O. The summed E-state index contributed by atoms with van der Waals surface area (Å²) >= 11 is 1.40. The van der Waals surface area contributed by atoms with Gasteiger partial charge in [-0.3, -0.25) is 14.5 Å². The van der Waals surface area contributed by atoms with E-state index in [9.17, 15) is 14.0 Å². The van der Waals surface area contributed by atoms with Crippen LogP contribution in [0.5, 0.6) is 5.75 Å². The highest BCUT2D eigenvalue weighted by molar-refractivity contribution is 7.11. The van der Waals surface area contributed by atoms with Crippen molar-refractivity contribution in [1.29, 1.82) is 0 Å². The molecule has 2 amide bonds.